The van der Waals surface area contributed by atoms with Gasteiger partial charge in [-0.3, -0.25) is 4.89 Å². The van der Waals surface area contributed by atoms with Gasteiger partial charge in [0.05, 0.1) is 11.1 Å². The largest absolute Gasteiger partial charge is 0.584 e. The molecule has 0 radical (unpaired) electrons. The first-order chi connectivity index (χ1) is 18.9. The SMILES string of the molecule is O=P1(O)Oc2c(-c3ccccc3)c(F)c3ccccc3c2-c2c(c(-c3ccccc3)c(F)c3ccccc23)O1. The Kier molecular flexibility index (Phi) is 5.31. The maximum Gasteiger partial charge on any atom is 0.584 e. The van der Waals surface area contributed by atoms with Crippen molar-refractivity contribution < 1.29 is 27.3 Å². The van der Waals surface area contributed by atoms with Gasteiger partial charge in [-0.05, 0) is 21.9 Å². The van der Waals surface area contributed by atoms with Crippen LogP contribution in [0.5, 0.6) is 11.5 Å². The van der Waals surface area contributed by atoms with Gasteiger partial charge in [-0.2, -0.15) is 0 Å². The summed E-state index contributed by atoms with van der Waals surface area (Å²) in [6.45, 7) is 0. The van der Waals surface area contributed by atoms with Gasteiger partial charge in [0, 0.05) is 21.9 Å². The quantitative estimate of drug-likeness (QED) is 0.224. The Bertz CT molecular complexity index is 1830. The van der Waals surface area contributed by atoms with Crippen LogP contribution in [0.1, 0.15) is 0 Å². The van der Waals surface area contributed by atoms with Crippen LogP contribution in [-0.2, 0) is 4.57 Å². The van der Waals surface area contributed by atoms with E-state index in [4.69, 9.17) is 9.05 Å². The van der Waals surface area contributed by atoms with Crippen LogP contribution < -0.4 is 9.05 Å². The number of phosphoric ester groups is 1. The van der Waals surface area contributed by atoms with Crippen LogP contribution in [0.4, 0.5) is 8.78 Å². The molecule has 190 valence electrons. The van der Waals surface area contributed by atoms with Crippen molar-refractivity contribution in [2.24, 2.45) is 0 Å². The number of halogens is 2. The molecule has 4 nitrogen and oxygen atoms in total. The smallest absolute Gasteiger partial charge is 0.394 e. The third kappa shape index (κ3) is 3.64. The lowest BCUT2D eigenvalue weighted by atomic mass is 9.86. The Morgan fingerprint density at radius 3 is 1.21 bits per heavy atom. The van der Waals surface area contributed by atoms with Gasteiger partial charge in [0.15, 0.2) is 11.5 Å². The lowest BCUT2D eigenvalue weighted by Crippen LogP contribution is -2.01. The number of phosphoric acid groups is 1. The van der Waals surface area contributed by atoms with Gasteiger partial charge in [0.25, 0.3) is 0 Å². The molecule has 1 aliphatic heterocycles. The highest BCUT2D eigenvalue weighted by molar-refractivity contribution is 7.48. The number of hydrogen-bond acceptors (Lipinski definition) is 3. The van der Waals surface area contributed by atoms with Crippen molar-refractivity contribution in [2.45, 2.75) is 0 Å². The van der Waals surface area contributed by atoms with E-state index < -0.39 is 19.5 Å². The maximum absolute atomic E-state index is 16.3. The first-order valence-corrected chi connectivity index (χ1v) is 13.8. The molecule has 7 heteroatoms. The van der Waals surface area contributed by atoms with Crippen molar-refractivity contribution in [2.75, 3.05) is 0 Å². The van der Waals surface area contributed by atoms with Crippen molar-refractivity contribution in [3.8, 4) is 44.9 Å². The van der Waals surface area contributed by atoms with E-state index in [9.17, 15) is 9.46 Å². The minimum Gasteiger partial charge on any atom is -0.394 e. The first kappa shape index (κ1) is 23.6. The molecule has 0 amide bonds. The van der Waals surface area contributed by atoms with Crippen LogP contribution in [0.15, 0.2) is 109 Å². The molecule has 0 aromatic heterocycles. The summed E-state index contributed by atoms with van der Waals surface area (Å²) in [7, 11) is -4.92. The van der Waals surface area contributed by atoms with Gasteiger partial charge in [-0.25, -0.2) is 13.3 Å². The van der Waals surface area contributed by atoms with E-state index >= 15 is 8.78 Å². The fraction of sp³-hybridized carbons (Fsp3) is 0. The Labute approximate surface area is 222 Å². The molecule has 6 aromatic rings. The summed E-state index contributed by atoms with van der Waals surface area (Å²) in [5.41, 5.74) is 1.64. The van der Waals surface area contributed by atoms with E-state index in [1.807, 2.05) is 0 Å². The molecule has 1 heterocycles. The van der Waals surface area contributed by atoms with E-state index in [-0.39, 0.29) is 33.4 Å². The zero-order valence-corrected chi connectivity index (χ0v) is 21.2. The maximum atomic E-state index is 16.3. The molecule has 0 saturated heterocycles. The molecule has 0 unspecified atom stereocenters. The lowest BCUT2D eigenvalue weighted by molar-refractivity contribution is 0.295. The number of fused-ring (bicyclic) bond motifs is 7. The normalized spacial score (nSPS) is 13.7. The van der Waals surface area contributed by atoms with Gasteiger partial charge in [-0.15, -0.1) is 0 Å². The minimum absolute atomic E-state index is 0.0182. The van der Waals surface area contributed by atoms with E-state index in [1.54, 1.807) is 109 Å². The molecule has 0 saturated carbocycles. The third-order valence-electron chi connectivity index (χ3n) is 7.00. The summed E-state index contributed by atoms with van der Waals surface area (Å²) >= 11 is 0. The molecule has 39 heavy (non-hydrogen) atoms. The predicted octanol–water partition coefficient (Wildman–Crippen LogP) is 9.14. The van der Waals surface area contributed by atoms with Crippen LogP contribution in [-0.4, -0.2) is 4.89 Å². The van der Waals surface area contributed by atoms with Crippen molar-refractivity contribution in [1.82, 2.24) is 0 Å². The molecule has 1 aliphatic rings. The number of rotatable bonds is 2. The van der Waals surface area contributed by atoms with Crippen molar-refractivity contribution in [1.29, 1.82) is 0 Å². The molecule has 0 bridgehead atoms. The second-order valence-electron chi connectivity index (χ2n) is 9.26. The van der Waals surface area contributed by atoms with Gasteiger partial charge in [0.1, 0.15) is 11.6 Å². The molecule has 6 aromatic carbocycles. The van der Waals surface area contributed by atoms with E-state index in [2.05, 4.69) is 0 Å². The van der Waals surface area contributed by atoms with E-state index in [0.717, 1.165) is 0 Å². The van der Waals surface area contributed by atoms with Crippen LogP contribution in [0.2, 0.25) is 0 Å². The molecule has 1 N–H and O–H groups in total. The Hall–Kier alpha value is -4.51. The zero-order valence-electron chi connectivity index (χ0n) is 20.3. The summed E-state index contributed by atoms with van der Waals surface area (Å²) in [6, 6.07) is 31.0. The van der Waals surface area contributed by atoms with Gasteiger partial charge in [0.2, 0.25) is 0 Å². The van der Waals surface area contributed by atoms with Crippen molar-refractivity contribution in [3.05, 3.63) is 121 Å². The average Bonchev–Trinajstić information content (AvgIpc) is 3.07. The molecular formula is C32H19F2O4P. The Balaban J connectivity index is 1.77. The van der Waals surface area contributed by atoms with Crippen LogP contribution >= 0.6 is 7.82 Å². The van der Waals surface area contributed by atoms with Crippen LogP contribution in [0, 0.1) is 11.6 Å². The summed E-state index contributed by atoms with van der Waals surface area (Å²) in [5.74, 6) is -1.49. The second-order valence-corrected chi connectivity index (χ2v) is 10.6. The number of hydrogen-bond donors (Lipinski definition) is 1. The predicted molar refractivity (Wildman–Crippen MR) is 149 cm³/mol. The summed E-state index contributed by atoms with van der Waals surface area (Å²) in [4.78, 5) is 11.0. The standard InChI is InChI=1S/C32H19F2O4P/c33-29-23-17-9-7-15-21(23)27-28-22-16-8-10-18-24(22)30(34)26(20-13-5-2-6-14-20)32(28)38-39(35,36)37-31(27)25(29)19-11-3-1-4-12-19/h1-18H,(H,35,36). The minimum atomic E-state index is -4.92. The average molecular weight is 536 g/mol. The highest BCUT2D eigenvalue weighted by Gasteiger charge is 2.39. The molecule has 0 fully saturated rings. The van der Waals surface area contributed by atoms with E-state index in [1.165, 1.54) is 0 Å². The summed E-state index contributed by atoms with van der Waals surface area (Å²) in [5, 5.41) is 1.45. The van der Waals surface area contributed by atoms with Crippen LogP contribution in [0.3, 0.4) is 0 Å². The Morgan fingerprint density at radius 1 is 0.487 bits per heavy atom. The Morgan fingerprint density at radius 2 is 0.821 bits per heavy atom. The van der Waals surface area contributed by atoms with Crippen molar-refractivity contribution in [3.63, 3.8) is 0 Å². The van der Waals surface area contributed by atoms with Crippen LogP contribution in [0.25, 0.3) is 54.9 Å². The van der Waals surface area contributed by atoms with Gasteiger partial charge >= 0.3 is 7.82 Å². The zero-order chi connectivity index (χ0) is 26.7. The molecule has 7 rings (SSSR count). The van der Waals surface area contributed by atoms with E-state index in [0.29, 0.717) is 33.0 Å². The third-order valence-corrected chi connectivity index (χ3v) is 7.83. The second kappa shape index (κ2) is 8.77. The van der Waals surface area contributed by atoms with Crippen molar-refractivity contribution >= 4 is 29.4 Å². The topological polar surface area (TPSA) is 55.8 Å². The molecular weight excluding hydrogens is 517 g/mol. The fourth-order valence-electron chi connectivity index (χ4n) is 5.40. The molecule has 0 aliphatic carbocycles. The van der Waals surface area contributed by atoms with Gasteiger partial charge in [-0.1, -0.05) is 109 Å². The summed E-state index contributed by atoms with van der Waals surface area (Å²) < 4.78 is 57.5. The molecule has 0 spiro atoms. The fourth-order valence-corrected chi connectivity index (χ4v) is 6.27. The summed E-state index contributed by atoms with van der Waals surface area (Å²) in [6.07, 6.45) is 0. The lowest BCUT2D eigenvalue weighted by Gasteiger charge is -2.20. The van der Waals surface area contributed by atoms with Gasteiger partial charge < -0.3 is 9.05 Å². The highest BCUT2D eigenvalue weighted by Crippen LogP contribution is 2.62. The highest BCUT2D eigenvalue weighted by atomic mass is 31.2. The molecule has 0 atom stereocenters. The monoisotopic (exact) mass is 536 g/mol. The first-order valence-electron chi connectivity index (χ1n) is 12.3. The number of benzene rings is 6.